The standard InChI is InChI=1S/C13H15/c1-4-12-7-5-6-8-13(12)10-9-11(2)3/h5-9H,1,10H2,2-3H3. The minimum absolute atomic E-state index is 0.973. The van der Waals surface area contributed by atoms with Gasteiger partial charge in [0.05, 0.1) is 0 Å². The van der Waals surface area contributed by atoms with Crippen molar-refractivity contribution in [2.45, 2.75) is 20.3 Å². The van der Waals surface area contributed by atoms with Crippen molar-refractivity contribution in [2.24, 2.45) is 0 Å². The van der Waals surface area contributed by atoms with Gasteiger partial charge in [0, 0.05) is 0 Å². The maximum absolute atomic E-state index is 3.67. The molecule has 0 N–H and O–H groups in total. The van der Waals surface area contributed by atoms with E-state index in [9.17, 15) is 0 Å². The molecule has 1 rings (SSSR count). The van der Waals surface area contributed by atoms with Crippen molar-refractivity contribution in [3.05, 3.63) is 59.7 Å². The Morgan fingerprint density at radius 1 is 1.38 bits per heavy atom. The molecule has 0 aliphatic heterocycles. The molecule has 0 heteroatoms. The third-order valence-corrected chi connectivity index (χ3v) is 1.94. The van der Waals surface area contributed by atoms with Crippen LogP contribution in [0.3, 0.4) is 0 Å². The Morgan fingerprint density at radius 3 is 2.69 bits per heavy atom. The highest BCUT2D eigenvalue weighted by atomic mass is 14.0. The molecule has 1 aromatic carbocycles. The van der Waals surface area contributed by atoms with Gasteiger partial charge in [-0.05, 0) is 37.5 Å². The maximum atomic E-state index is 3.67. The van der Waals surface area contributed by atoms with Crippen molar-refractivity contribution in [3.8, 4) is 0 Å². The summed E-state index contributed by atoms with van der Waals surface area (Å²) in [5.41, 5.74) is 3.75. The van der Waals surface area contributed by atoms with Crippen molar-refractivity contribution in [3.63, 3.8) is 0 Å². The first-order valence-corrected chi connectivity index (χ1v) is 4.48. The van der Waals surface area contributed by atoms with Crippen molar-refractivity contribution in [1.29, 1.82) is 0 Å². The molecule has 0 spiro atoms. The fourth-order valence-electron chi connectivity index (χ4n) is 1.18. The first-order chi connectivity index (χ1) is 6.24. The SMILES string of the molecule is C=[C]c1ccccc1CC=C(C)C. The van der Waals surface area contributed by atoms with Crippen molar-refractivity contribution in [2.75, 3.05) is 0 Å². The van der Waals surface area contributed by atoms with E-state index < -0.39 is 0 Å². The van der Waals surface area contributed by atoms with Gasteiger partial charge in [-0.25, -0.2) is 0 Å². The average molecular weight is 171 g/mol. The zero-order valence-electron chi connectivity index (χ0n) is 8.30. The molecule has 0 saturated carbocycles. The number of hydrogen-bond acceptors (Lipinski definition) is 0. The molecule has 67 valence electrons. The second-order valence-electron chi connectivity index (χ2n) is 3.32. The molecular weight excluding hydrogens is 156 g/mol. The van der Waals surface area contributed by atoms with Crippen LogP contribution in [0.4, 0.5) is 0 Å². The Kier molecular flexibility index (Phi) is 3.51. The Morgan fingerprint density at radius 2 is 2.08 bits per heavy atom. The molecule has 0 bridgehead atoms. The Hall–Kier alpha value is -1.30. The predicted molar refractivity (Wildman–Crippen MR) is 57.5 cm³/mol. The molecule has 1 aromatic rings. The van der Waals surface area contributed by atoms with E-state index in [0.717, 1.165) is 12.0 Å². The summed E-state index contributed by atoms with van der Waals surface area (Å²) in [5, 5.41) is 0. The summed E-state index contributed by atoms with van der Waals surface area (Å²) in [7, 11) is 0. The van der Waals surface area contributed by atoms with E-state index in [2.05, 4.69) is 44.7 Å². The summed E-state index contributed by atoms with van der Waals surface area (Å²) in [4.78, 5) is 0. The van der Waals surface area contributed by atoms with Gasteiger partial charge in [0.15, 0.2) is 0 Å². The fraction of sp³-hybridized carbons (Fsp3) is 0.231. The van der Waals surface area contributed by atoms with Crippen molar-refractivity contribution >= 4 is 0 Å². The molecule has 0 heterocycles. The number of allylic oxidation sites excluding steroid dienone is 2. The van der Waals surface area contributed by atoms with Gasteiger partial charge in [-0.3, -0.25) is 0 Å². The second kappa shape index (κ2) is 4.66. The van der Waals surface area contributed by atoms with E-state index in [0.29, 0.717) is 0 Å². The largest absolute Gasteiger partial charge is 0.0905 e. The summed E-state index contributed by atoms with van der Waals surface area (Å²) in [6, 6.07) is 8.22. The van der Waals surface area contributed by atoms with Crippen LogP contribution < -0.4 is 0 Å². The summed E-state index contributed by atoms with van der Waals surface area (Å²) in [5.74, 6) is 0. The Balaban J connectivity index is 2.87. The van der Waals surface area contributed by atoms with Crippen LogP contribution in [0.25, 0.3) is 0 Å². The lowest BCUT2D eigenvalue weighted by Crippen LogP contribution is -1.87. The molecular formula is C13H15. The third-order valence-electron chi connectivity index (χ3n) is 1.94. The molecule has 0 atom stereocenters. The Bertz CT molecular complexity index is 315. The van der Waals surface area contributed by atoms with Crippen LogP contribution in [0.5, 0.6) is 0 Å². The van der Waals surface area contributed by atoms with Gasteiger partial charge in [0.1, 0.15) is 0 Å². The first kappa shape index (κ1) is 9.79. The van der Waals surface area contributed by atoms with Gasteiger partial charge in [0.25, 0.3) is 0 Å². The van der Waals surface area contributed by atoms with Gasteiger partial charge >= 0.3 is 0 Å². The van der Waals surface area contributed by atoms with Crippen LogP contribution in [0.2, 0.25) is 0 Å². The molecule has 0 saturated heterocycles. The number of benzene rings is 1. The van der Waals surface area contributed by atoms with E-state index in [-0.39, 0.29) is 0 Å². The number of rotatable bonds is 3. The van der Waals surface area contributed by atoms with Gasteiger partial charge in [0.2, 0.25) is 0 Å². The van der Waals surface area contributed by atoms with E-state index in [1.165, 1.54) is 11.1 Å². The summed E-state index contributed by atoms with van der Waals surface area (Å²) < 4.78 is 0. The van der Waals surface area contributed by atoms with Gasteiger partial charge < -0.3 is 0 Å². The van der Waals surface area contributed by atoms with Crippen molar-refractivity contribution < 1.29 is 0 Å². The molecule has 0 amide bonds. The Labute approximate surface area is 80.6 Å². The van der Waals surface area contributed by atoms with Crippen LogP contribution >= 0.6 is 0 Å². The van der Waals surface area contributed by atoms with Crippen LogP contribution in [0, 0.1) is 6.08 Å². The van der Waals surface area contributed by atoms with Gasteiger partial charge in [-0.1, -0.05) is 42.5 Å². The lowest BCUT2D eigenvalue weighted by atomic mass is 10.0. The summed E-state index contributed by atoms with van der Waals surface area (Å²) in [6.07, 6.45) is 6.13. The molecule has 0 aliphatic rings. The van der Waals surface area contributed by atoms with Crippen LogP contribution in [-0.4, -0.2) is 0 Å². The number of hydrogen-bond donors (Lipinski definition) is 0. The minimum Gasteiger partial charge on any atom is -0.0905 e. The third kappa shape index (κ3) is 2.90. The van der Waals surface area contributed by atoms with Gasteiger partial charge in [-0.2, -0.15) is 0 Å². The summed E-state index contributed by atoms with van der Waals surface area (Å²) in [6.45, 7) is 7.90. The van der Waals surface area contributed by atoms with Crippen LogP contribution in [0.15, 0.2) is 42.5 Å². The highest BCUT2D eigenvalue weighted by Gasteiger charge is 1.95. The smallest absolute Gasteiger partial charge is 0.00888 e. The quantitative estimate of drug-likeness (QED) is 0.610. The predicted octanol–water partition coefficient (Wildman–Crippen LogP) is 3.53. The highest BCUT2D eigenvalue weighted by molar-refractivity contribution is 5.33. The average Bonchev–Trinajstić information content (AvgIpc) is 2.15. The molecule has 0 fully saturated rings. The summed E-state index contributed by atoms with van der Waals surface area (Å²) >= 11 is 0. The fourth-order valence-corrected chi connectivity index (χ4v) is 1.18. The topological polar surface area (TPSA) is 0 Å². The van der Waals surface area contributed by atoms with Crippen LogP contribution in [0.1, 0.15) is 25.0 Å². The van der Waals surface area contributed by atoms with Gasteiger partial charge in [-0.15, -0.1) is 0 Å². The molecule has 0 unspecified atom stereocenters. The lowest BCUT2D eigenvalue weighted by Gasteiger charge is -2.01. The van der Waals surface area contributed by atoms with E-state index in [4.69, 9.17) is 0 Å². The van der Waals surface area contributed by atoms with Crippen molar-refractivity contribution in [1.82, 2.24) is 0 Å². The molecule has 0 aliphatic carbocycles. The van der Waals surface area contributed by atoms with Crippen LogP contribution in [-0.2, 0) is 6.42 Å². The first-order valence-electron chi connectivity index (χ1n) is 4.48. The normalized spacial score (nSPS) is 9.38. The molecule has 0 nitrogen and oxygen atoms in total. The van der Waals surface area contributed by atoms with E-state index in [1.54, 1.807) is 0 Å². The maximum Gasteiger partial charge on any atom is -0.00888 e. The zero-order chi connectivity index (χ0) is 9.68. The monoisotopic (exact) mass is 171 g/mol. The zero-order valence-corrected chi connectivity index (χ0v) is 8.30. The molecule has 0 aromatic heterocycles. The second-order valence-corrected chi connectivity index (χ2v) is 3.32. The highest BCUT2D eigenvalue weighted by Crippen LogP contribution is 2.10. The molecule has 13 heavy (non-hydrogen) atoms. The van der Waals surface area contributed by atoms with E-state index >= 15 is 0 Å². The van der Waals surface area contributed by atoms with E-state index in [1.807, 2.05) is 12.1 Å². The minimum atomic E-state index is 0.973. The lowest BCUT2D eigenvalue weighted by molar-refractivity contribution is 1.20. The molecule has 1 radical (unpaired) electrons.